The fourth-order valence-corrected chi connectivity index (χ4v) is 1.66. The zero-order valence-electron chi connectivity index (χ0n) is 9.15. The van der Waals surface area contributed by atoms with Crippen molar-refractivity contribution < 1.29 is 9.57 Å². The lowest BCUT2D eigenvalue weighted by Gasteiger charge is -2.07. The van der Waals surface area contributed by atoms with Gasteiger partial charge in [-0.3, -0.25) is 0 Å². The monoisotopic (exact) mass is 239 g/mol. The molecule has 0 aliphatic carbocycles. The lowest BCUT2D eigenvalue weighted by Crippen LogP contribution is -2.11. The van der Waals surface area contributed by atoms with Crippen LogP contribution in [-0.4, -0.2) is 24.3 Å². The zero-order valence-corrected chi connectivity index (χ0v) is 9.91. The Morgan fingerprint density at radius 1 is 1.31 bits per heavy atom. The van der Waals surface area contributed by atoms with Crippen LogP contribution in [0, 0.1) is 0 Å². The third kappa shape index (κ3) is 2.25. The van der Waals surface area contributed by atoms with Gasteiger partial charge in [-0.2, -0.15) is 4.73 Å². The Balaban J connectivity index is 2.20. The largest absolute Gasteiger partial charge is 0.497 e. The van der Waals surface area contributed by atoms with E-state index in [1.165, 1.54) is 0 Å². The van der Waals surface area contributed by atoms with Crippen molar-refractivity contribution in [3.8, 4) is 5.75 Å². The van der Waals surface area contributed by atoms with Crippen LogP contribution >= 0.6 is 11.6 Å². The van der Waals surface area contributed by atoms with E-state index in [9.17, 15) is 0 Å². The fraction of sp³-hybridized carbons (Fsp3) is 0.333. The number of hydrogen-bond donors (Lipinski definition) is 0. The predicted octanol–water partition coefficient (Wildman–Crippen LogP) is 2.71. The maximum atomic E-state index is 5.59. The van der Waals surface area contributed by atoms with Crippen LogP contribution in [0.1, 0.15) is 6.42 Å². The molecule has 2 aromatic rings. The first-order valence-electron chi connectivity index (χ1n) is 5.19. The highest BCUT2D eigenvalue weighted by Gasteiger charge is 2.02. The second kappa shape index (κ2) is 5.12. The summed E-state index contributed by atoms with van der Waals surface area (Å²) in [7, 11) is 1.66. The second-order valence-corrected chi connectivity index (χ2v) is 3.82. The molecule has 4 heteroatoms. The molecule has 0 aliphatic rings. The van der Waals surface area contributed by atoms with Crippen molar-refractivity contribution in [3.05, 3.63) is 30.5 Å². The molecular weight excluding hydrogens is 226 g/mol. The minimum absolute atomic E-state index is 0.618. The van der Waals surface area contributed by atoms with Gasteiger partial charge in [0.1, 0.15) is 12.4 Å². The molecule has 0 fully saturated rings. The van der Waals surface area contributed by atoms with Crippen LogP contribution in [0.25, 0.3) is 10.9 Å². The van der Waals surface area contributed by atoms with Gasteiger partial charge in [-0.25, -0.2) is 0 Å². The van der Waals surface area contributed by atoms with Crippen molar-refractivity contribution in [2.45, 2.75) is 6.42 Å². The lowest BCUT2D eigenvalue weighted by atomic mass is 10.2. The van der Waals surface area contributed by atoms with E-state index in [2.05, 4.69) is 0 Å². The van der Waals surface area contributed by atoms with E-state index in [1.807, 2.05) is 30.5 Å². The summed E-state index contributed by atoms with van der Waals surface area (Å²) in [5.74, 6) is 1.47. The Morgan fingerprint density at radius 3 is 2.94 bits per heavy atom. The number of hydrogen-bond acceptors (Lipinski definition) is 2. The summed E-state index contributed by atoms with van der Waals surface area (Å²) in [6, 6.07) is 7.88. The molecule has 0 N–H and O–H groups in total. The van der Waals surface area contributed by atoms with Gasteiger partial charge in [-0.15, -0.1) is 11.6 Å². The molecule has 1 aromatic carbocycles. The predicted molar refractivity (Wildman–Crippen MR) is 65.3 cm³/mol. The van der Waals surface area contributed by atoms with Gasteiger partial charge >= 0.3 is 0 Å². The van der Waals surface area contributed by atoms with Crippen LogP contribution in [0.4, 0.5) is 0 Å². The number of halogens is 1. The standard InChI is InChI=1S/C12H14ClNO2/c1-15-11-3-4-12-10(9-11)5-7-14(12)16-8-2-6-13/h3-5,7,9H,2,6,8H2,1H3. The number of fused-ring (bicyclic) bond motifs is 1. The molecule has 16 heavy (non-hydrogen) atoms. The highest BCUT2D eigenvalue weighted by molar-refractivity contribution is 6.17. The van der Waals surface area contributed by atoms with Crippen molar-refractivity contribution in [2.24, 2.45) is 0 Å². The summed E-state index contributed by atoms with van der Waals surface area (Å²) in [5, 5.41) is 1.10. The first-order valence-corrected chi connectivity index (χ1v) is 5.73. The molecule has 3 nitrogen and oxygen atoms in total. The first kappa shape index (κ1) is 11.1. The fourth-order valence-electron chi connectivity index (χ4n) is 1.55. The summed E-state index contributed by atoms with van der Waals surface area (Å²) >= 11 is 5.59. The highest BCUT2D eigenvalue weighted by atomic mass is 35.5. The minimum Gasteiger partial charge on any atom is -0.497 e. The summed E-state index contributed by atoms with van der Waals surface area (Å²) in [4.78, 5) is 5.56. The maximum Gasteiger partial charge on any atom is 0.119 e. The van der Waals surface area contributed by atoms with Gasteiger partial charge in [0.05, 0.1) is 12.6 Å². The quantitative estimate of drug-likeness (QED) is 0.592. The van der Waals surface area contributed by atoms with E-state index in [1.54, 1.807) is 11.8 Å². The van der Waals surface area contributed by atoms with E-state index >= 15 is 0 Å². The smallest absolute Gasteiger partial charge is 0.119 e. The molecule has 0 spiro atoms. The van der Waals surface area contributed by atoms with Gasteiger partial charge in [-0.05, 0) is 30.7 Å². The maximum absolute atomic E-state index is 5.59. The minimum atomic E-state index is 0.618. The average molecular weight is 240 g/mol. The Hall–Kier alpha value is -1.35. The van der Waals surface area contributed by atoms with E-state index in [0.29, 0.717) is 12.5 Å². The van der Waals surface area contributed by atoms with Gasteiger partial charge in [0.2, 0.25) is 0 Å². The van der Waals surface area contributed by atoms with Gasteiger partial charge in [0.15, 0.2) is 0 Å². The molecule has 0 aliphatic heterocycles. The molecular formula is C12H14ClNO2. The average Bonchev–Trinajstić information content (AvgIpc) is 2.72. The van der Waals surface area contributed by atoms with Crippen molar-refractivity contribution in [2.75, 3.05) is 19.6 Å². The molecule has 1 heterocycles. The van der Waals surface area contributed by atoms with Crippen LogP contribution in [0.2, 0.25) is 0 Å². The Bertz CT molecular complexity index is 467. The molecule has 0 atom stereocenters. The van der Waals surface area contributed by atoms with Crippen molar-refractivity contribution in [3.63, 3.8) is 0 Å². The van der Waals surface area contributed by atoms with E-state index in [-0.39, 0.29) is 0 Å². The zero-order chi connectivity index (χ0) is 11.4. The van der Waals surface area contributed by atoms with Crippen LogP contribution in [-0.2, 0) is 0 Å². The number of ether oxygens (including phenoxy) is 1. The summed E-state index contributed by atoms with van der Waals surface area (Å²) < 4.78 is 6.93. The third-order valence-corrected chi connectivity index (χ3v) is 2.64. The third-order valence-electron chi connectivity index (χ3n) is 2.37. The van der Waals surface area contributed by atoms with E-state index in [0.717, 1.165) is 23.1 Å². The summed E-state index contributed by atoms with van der Waals surface area (Å²) in [6.45, 7) is 0.624. The topological polar surface area (TPSA) is 23.4 Å². The number of alkyl halides is 1. The van der Waals surface area contributed by atoms with E-state index < -0.39 is 0 Å². The summed E-state index contributed by atoms with van der Waals surface area (Å²) in [5.41, 5.74) is 1.04. The molecule has 0 amide bonds. The Kier molecular flexibility index (Phi) is 3.57. The molecule has 0 unspecified atom stereocenters. The van der Waals surface area contributed by atoms with Gasteiger partial charge in [-0.1, -0.05) is 0 Å². The molecule has 0 bridgehead atoms. The van der Waals surface area contributed by atoms with Crippen LogP contribution < -0.4 is 9.57 Å². The Morgan fingerprint density at radius 2 is 2.19 bits per heavy atom. The van der Waals surface area contributed by atoms with Crippen molar-refractivity contribution in [1.82, 2.24) is 4.73 Å². The molecule has 0 radical (unpaired) electrons. The van der Waals surface area contributed by atoms with Crippen molar-refractivity contribution in [1.29, 1.82) is 0 Å². The number of benzene rings is 1. The molecule has 2 rings (SSSR count). The number of nitrogens with zero attached hydrogens (tertiary/aromatic N) is 1. The highest BCUT2D eigenvalue weighted by Crippen LogP contribution is 2.20. The van der Waals surface area contributed by atoms with Gasteiger partial charge < -0.3 is 9.57 Å². The summed E-state index contributed by atoms with van der Waals surface area (Å²) in [6.07, 6.45) is 2.75. The SMILES string of the molecule is COc1ccc2c(ccn2OCCCCl)c1. The van der Waals surface area contributed by atoms with Gasteiger partial charge in [0.25, 0.3) is 0 Å². The number of rotatable bonds is 5. The van der Waals surface area contributed by atoms with Crippen LogP contribution in [0.5, 0.6) is 5.75 Å². The molecule has 1 aromatic heterocycles. The lowest BCUT2D eigenvalue weighted by molar-refractivity contribution is 0.121. The normalized spacial score (nSPS) is 10.6. The number of aromatic nitrogens is 1. The Labute approximate surface area is 99.5 Å². The van der Waals surface area contributed by atoms with Crippen molar-refractivity contribution >= 4 is 22.5 Å². The molecule has 0 saturated heterocycles. The molecule has 0 saturated carbocycles. The number of methoxy groups -OCH3 is 1. The van der Waals surface area contributed by atoms with Crippen LogP contribution in [0.15, 0.2) is 30.5 Å². The van der Waals surface area contributed by atoms with E-state index in [4.69, 9.17) is 21.2 Å². The molecule has 86 valence electrons. The first-order chi connectivity index (χ1) is 7.85. The second-order valence-electron chi connectivity index (χ2n) is 3.44. The van der Waals surface area contributed by atoms with Gasteiger partial charge in [0, 0.05) is 17.5 Å². The van der Waals surface area contributed by atoms with Crippen LogP contribution in [0.3, 0.4) is 0 Å².